The molecule has 0 aliphatic carbocycles. The SMILES string of the molecule is CC(C)CC(=O)/C=C(\O)CC(C)C.CC(C)Cc1cc(-c2[c-]cccc2)nc2cc3oc4ccccc4c3cc12.[Ir]. The van der Waals surface area contributed by atoms with Crippen LogP contribution in [0.3, 0.4) is 0 Å². The molecule has 0 atom stereocenters. The van der Waals surface area contributed by atoms with E-state index < -0.39 is 0 Å². The van der Waals surface area contributed by atoms with Gasteiger partial charge in [-0.05, 0) is 47.6 Å². The van der Waals surface area contributed by atoms with E-state index in [0.717, 1.165) is 45.1 Å². The first-order chi connectivity index (χ1) is 19.1. The number of benzene rings is 3. The zero-order chi connectivity index (χ0) is 28.8. The molecule has 0 saturated heterocycles. The molecule has 0 spiro atoms. The predicted octanol–water partition coefficient (Wildman–Crippen LogP) is 9.89. The van der Waals surface area contributed by atoms with Gasteiger partial charge in [0.2, 0.25) is 0 Å². The molecule has 4 nitrogen and oxygen atoms in total. The van der Waals surface area contributed by atoms with Crippen LogP contribution in [-0.2, 0) is 31.3 Å². The number of ketones is 1. The van der Waals surface area contributed by atoms with Crippen LogP contribution in [0.15, 0.2) is 83.0 Å². The van der Waals surface area contributed by atoms with E-state index in [0.29, 0.717) is 30.6 Å². The van der Waals surface area contributed by atoms with Crippen LogP contribution in [0, 0.1) is 23.8 Å². The van der Waals surface area contributed by atoms with Gasteiger partial charge < -0.3 is 9.52 Å². The molecule has 0 amide bonds. The average Bonchev–Trinajstić information content (AvgIpc) is 3.24. The van der Waals surface area contributed by atoms with Crippen molar-refractivity contribution in [2.45, 2.75) is 60.8 Å². The zero-order valence-corrected chi connectivity index (χ0v) is 27.2. The number of fused-ring (bicyclic) bond motifs is 4. The summed E-state index contributed by atoms with van der Waals surface area (Å²) in [6.07, 6.45) is 3.48. The molecule has 3 aromatic carbocycles. The second-order valence-corrected chi connectivity index (χ2v) is 11.8. The molecule has 5 aromatic rings. The van der Waals surface area contributed by atoms with E-state index in [1.165, 1.54) is 17.0 Å². The van der Waals surface area contributed by atoms with Gasteiger partial charge >= 0.3 is 0 Å². The van der Waals surface area contributed by atoms with Gasteiger partial charge in [-0.3, -0.25) is 9.78 Å². The first kappa shape index (κ1) is 32.2. The minimum absolute atomic E-state index is 0. The molecule has 0 aliphatic heterocycles. The van der Waals surface area contributed by atoms with Crippen LogP contribution in [0.1, 0.15) is 59.9 Å². The maximum Gasteiger partial charge on any atom is 0.159 e. The number of aromatic nitrogens is 1. The van der Waals surface area contributed by atoms with Gasteiger partial charge in [0.1, 0.15) is 11.2 Å². The average molecular weight is 727 g/mol. The molecule has 0 fully saturated rings. The predicted molar refractivity (Wildman–Crippen MR) is 166 cm³/mol. The van der Waals surface area contributed by atoms with E-state index in [-0.39, 0.29) is 31.6 Å². The summed E-state index contributed by atoms with van der Waals surface area (Å²) in [5, 5.41) is 12.9. The Morgan fingerprint density at radius 2 is 1.56 bits per heavy atom. The van der Waals surface area contributed by atoms with Crippen molar-refractivity contribution in [1.82, 2.24) is 4.98 Å². The Balaban J connectivity index is 0.000000284. The second-order valence-electron chi connectivity index (χ2n) is 11.8. The fraction of sp³-hybridized carbons (Fsp3) is 0.333. The standard InChI is InChI=1S/C25H20NO.C11H20O2.Ir/c1-16(2)12-18-13-22(17-8-4-3-5-9-17)26-23-15-25-21(14-20(18)23)19-10-6-7-11-24(19)27-25;1-8(2)5-10(12)7-11(13)6-9(3)4;/h3-8,10-11,13-16H,12H2,1-2H3;7-9,12H,5-6H2,1-4H3;/q-1;;/b;10-7-;. The number of rotatable bonds is 8. The van der Waals surface area contributed by atoms with E-state index in [4.69, 9.17) is 9.40 Å². The molecule has 5 rings (SSSR count). The first-order valence-corrected chi connectivity index (χ1v) is 14.2. The summed E-state index contributed by atoms with van der Waals surface area (Å²) in [4.78, 5) is 16.2. The summed E-state index contributed by atoms with van der Waals surface area (Å²) in [5.41, 5.74) is 6.11. The number of carbonyl (C=O) groups is 1. The van der Waals surface area contributed by atoms with E-state index >= 15 is 0 Å². The summed E-state index contributed by atoms with van der Waals surface area (Å²) in [5.74, 6) is 1.55. The van der Waals surface area contributed by atoms with Gasteiger partial charge in [-0.1, -0.05) is 65.8 Å². The van der Waals surface area contributed by atoms with E-state index in [9.17, 15) is 9.90 Å². The number of aliphatic hydroxyl groups is 1. The van der Waals surface area contributed by atoms with Crippen LogP contribution in [0.25, 0.3) is 44.1 Å². The Morgan fingerprint density at radius 3 is 2.22 bits per heavy atom. The number of para-hydroxylation sites is 1. The van der Waals surface area contributed by atoms with Crippen molar-refractivity contribution in [1.29, 1.82) is 0 Å². The van der Waals surface area contributed by atoms with Crippen molar-refractivity contribution in [3.63, 3.8) is 0 Å². The van der Waals surface area contributed by atoms with E-state index in [2.05, 4.69) is 56.3 Å². The molecule has 1 radical (unpaired) electrons. The van der Waals surface area contributed by atoms with Crippen molar-refractivity contribution in [2.75, 3.05) is 0 Å². The minimum atomic E-state index is 0. The monoisotopic (exact) mass is 727 g/mol. The molecule has 217 valence electrons. The molecular weight excluding hydrogens is 687 g/mol. The third-order valence-corrected chi connectivity index (χ3v) is 6.56. The Bertz CT molecular complexity index is 1630. The third kappa shape index (κ3) is 8.61. The second kappa shape index (κ2) is 14.6. The molecule has 2 heterocycles. The van der Waals surface area contributed by atoms with Gasteiger partial charge in [-0.2, -0.15) is 0 Å². The smallest absolute Gasteiger partial charge is 0.159 e. The normalized spacial score (nSPS) is 11.8. The number of aliphatic hydroxyl groups excluding tert-OH is 1. The minimum Gasteiger partial charge on any atom is -0.512 e. The number of nitrogens with zero attached hydrogens (tertiary/aromatic N) is 1. The quantitative estimate of drug-likeness (QED) is 0.0983. The van der Waals surface area contributed by atoms with Crippen molar-refractivity contribution in [3.8, 4) is 11.3 Å². The van der Waals surface area contributed by atoms with Gasteiger partial charge in [0.05, 0.1) is 11.3 Å². The number of carbonyl (C=O) groups excluding carboxylic acids is 1. The van der Waals surface area contributed by atoms with Crippen LogP contribution in [0.5, 0.6) is 0 Å². The molecule has 1 N–H and O–H groups in total. The number of allylic oxidation sites excluding steroid dienone is 2. The van der Waals surface area contributed by atoms with Crippen LogP contribution in [0.2, 0.25) is 0 Å². The van der Waals surface area contributed by atoms with Crippen molar-refractivity contribution in [2.24, 2.45) is 17.8 Å². The third-order valence-electron chi connectivity index (χ3n) is 6.56. The summed E-state index contributed by atoms with van der Waals surface area (Å²) in [7, 11) is 0. The molecule has 0 saturated carbocycles. The molecule has 5 heteroatoms. The molecule has 41 heavy (non-hydrogen) atoms. The fourth-order valence-electron chi connectivity index (χ4n) is 4.94. The van der Waals surface area contributed by atoms with Crippen molar-refractivity contribution >= 4 is 38.6 Å². The number of pyridine rings is 1. The Kier molecular flexibility index (Phi) is 11.5. The molecular formula is C36H40IrNO3-. The Labute approximate surface area is 257 Å². The molecule has 2 aromatic heterocycles. The van der Waals surface area contributed by atoms with Gasteiger partial charge in [0.15, 0.2) is 5.78 Å². The fourth-order valence-corrected chi connectivity index (χ4v) is 4.94. The topological polar surface area (TPSA) is 63.3 Å². The van der Waals surface area contributed by atoms with Gasteiger partial charge in [0.25, 0.3) is 0 Å². The number of furan rings is 1. The van der Waals surface area contributed by atoms with Crippen LogP contribution in [-0.4, -0.2) is 15.9 Å². The summed E-state index contributed by atoms with van der Waals surface area (Å²) in [6.45, 7) is 12.5. The largest absolute Gasteiger partial charge is 0.512 e. The molecule has 0 unspecified atom stereocenters. The van der Waals surface area contributed by atoms with Gasteiger partial charge in [-0.15, -0.1) is 35.9 Å². The summed E-state index contributed by atoms with van der Waals surface area (Å²) >= 11 is 0. The van der Waals surface area contributed by atoms with Crippen molar-refractivity contribution in [3.05, 3.63) is 90.2 Å². The van der Waals surface area contributed by atoms with E-state index in [1.807, 2.05) is 58.0 Å². The van der Waals surface area contributed by atoms with Crippen LogP contribution < -0.4 is 0 Å². The maximum atomic E-state index is 11.2. The Morgan fingerprint density at radius 1 is 0.854 bits per heavy atom. The summed E-state index contributed by atoms with van der Waals surface area (Å²) < 4.78 is 6.08. The zero-order valence-electron chi connectivity index (χ0n) is 24.8. The Hall–Kier alpha value is -3.27. The van der Waals surface area contributed by atoms with Gasteiger partial charge in [-0.25, -0.2) is 0 Å². The van der Waals surface area contributed by atoms with Crippen LogP contribution in [0.4, 0.5) is 0 Å². The molecule has 0 aliphatic rings. The van der Waals surface area contributed by atoms with E-state index in [1.54, 1.807) is 0 Å². The van der Waals surface area contributed by atoms with Crippen molar-refractivity contribution < 1.29 is 34.4 Å². The summed E-state index contributed by atoms with van der Waals surface area (Å²) in [6, 6.07) is 26.1. The first-order valence-electron chi connectivity index (χ1n) is 14.2. The number of hydrogen-bond donors (Lipinski definition) is 1. The van der Waals surface area contributed by atoms with Crippen LogP contribution >= 0.6 is 0 Å². The van der Waals surface area contributed by atoms with Gasteiger partial charge in [0, 0.05) is 61.2 Å². The maximum absolute atomic E-state index is 11.2. The number of hydrogen-bond acceptors (Lipinski definition) is 4. The molecule has 0 bridgehead atoms.